The van der Waals surface area contributed by atoms with Crippen LogP contribution >= 0.6 is 15.9 Å². The molecular formula is C21H23BrN2O4. The summed E-state index contributed by atoms with van der Waals surface area (Å²) in [5.41, 5.74) is 1.58. The van der Waals surface area contributed by atoms with Gasteiger partial charge in [-0.2, -0.15) is 0 Å². The van der Waals surface area contributed by atoms with Crippen molar-refractivity contribution < 1.29 is 14.5 Å². The number of nitro benzene ring substituents is 1. The van der Waals surface area contributed by atoms with Crippen LogP contribution in [0.4, 0.5) is 5.69 Å². The first kappa shape index (κ1) is 20.3. The highest BCUT2D eigenvalue weighted by Crippen LogP contribution is 2.28. The lowest BCUT2D eigenvalue weighted by molar-refractivity contribution is -0.385. The van der Waals surface area contributed by atoms with Gasteiger partial charge in [0.05, 0.1) is 16.5 Å². The van der Waals surface area contributed by atoms with Crippen LogP contribution in [-0.2, 0) is 6.42 Å². The highest BCUT2D eigenvalue weighted by molar-refractivity contribution is 9.10. The maximum Gasteiger partial charge on any atom is 0.284 e. The Hall–Kier alpha value is -2.41. The van der Waals surface area contributed by atoms with Crippen LogP contribution < -0.4 is 4.74 Å². The molecule has 0 spiro atoms. The van der Waals surface area contributed by atoms with Crippen LogP contribution in [0.25, 0.3) is 0 Å². The van der Waals surface area contributed by atoms with E-state index in [0.29, 0.717) is 29.0 Å². The first-order valence-corrected chi connectivity index (χ1v) is 10.1. The standard InChI is InChI=1S/C21H23BrN2O4/c1-28-18-7-4-15(5-8-18)2-3-16-10-12-23(13-11-16)21(25)17-6-9-19(22)20(14-17)24(26)27/h4-9,14,16H,2-3,10-13H2,1H3. The van der Waals surface area contributed by atoms with E-state index in [0.717, 1.165) is 31.4 Å². The van der Waals surface area contributed by atoms with Crippen molar-refractivity contribution in [2.24, 2.45) is 5.92 Å². The van der Waals surface area contributed by atoms with Gasteiger partial charge in [-0.25, -0.2) is 0 Å². The zero-order chi connectivity index (χ0) is 20.1. The van der Waals surface area contributed by atoms with Crippen LogP contribution in [0, 0.1) is 16.0 Å². The van der Waals surface area contributed by atoms with Gasteiger partial charge in [0, 0.05) is 24.7 Å². The van der Waals surface area contributed by atoms with Crippen molar-refractivity contribution in [3.05, 3.63) is 68.2 Å². The largest absolute Gasteiger partial charge is 0.497 e. The number of nitro groups is 1. The number of ether oxygens (including phenoxy) is 1. The van der Waals surface area contributed by atoms with Crippen molar-refractivity contribution in [2.75, 3.05) is 20.2 Å². The molecule has 0 radical (unpaired) electrons. The number of halogens is 1. The molecule has 28 heavy (non-hydrogen) atoms. The maximum absolute atomic E-state index is 12.7. The Morgan fingerprint density at radius 2 is 1.89 bits per heavy atom. The minimum atomic E-state index is -0.480. The number of amides is 1. The number of piperidine rings is 1. The Morgan fingerprint density at radius 3 is 2.50 bits per heavy atom. The number of rotatable bonds is 6. The van der Waals surface area contributed by atoms with Gasteiger partial charge in [0.1, 0.15) is 5.75 Å². The van der Waals surface area contributed by atoms with E-state index in [-0.39, 0.29) is 11.6 Å². The molecule has 1 heterocycles. The molecule has 1 saturated heterocycles. The number of hydrogen-bond acceptors (Lipinski definition) is 4. The molecular weight excluding hydrogens is 424 g/mol. The predicted octanol–water partition coefficient (Wildman–Crippen LogP) is 4.85. The SMILES string of the molecule is COc1ccc(CCC2CCN(C(=O)c3ccc(Br)c([N+](=O)[O-])c3)CC2)cc1. The molecule has 0 unspecified atom stereocenters. The molecule has 148 valence electrons. The van der Waals surface area contributed by atoms with Gasteiger partial charge in [-0.3, -0.25) is 14.9 Å². The van der Waals surface area contributed by atoms with Crippen molar-refractivity contribution in [3.8, 4) is 5.75 Å². The number of nitrogens with zero attached hydrogens (tertiary/aromatic N) is 2. The van der Waals surface area contributed by atoms with Crippen molar-refractivity contribution >= 4 is 27.5 Å². The molecule has 7 heteroatoms. The Bertz CT molecular complexity index is 846. The summed E-state index contributed by atoms with van der Waals surface area (Å²) in [6.07, 6.45) is 4.03. The Morgan fingerprint density at radius 1 is 1.21 bits per heavy atom. The van der Waals surface area contributed by atoms with Gasteiger partial charge in [-0.15, -0.1) is 0 Å². The normalized spacial score (nSPS) is 14.7. The monoisotopic (exact) mass is 446 g/mol. The van der Waals surface area contributed by atoms with E-state index in [4.69, 9.17) is 4.74 Å². The van der Waals surface area contributed by atoms with E-state index in [1.165, 1.54) is 11.6 Å². The fourth-order valence-corrected chi connectivity index (χ4v) is 3.95. The molecule has 6 nitrogen and oxygen atoms in total. The highest BCUT2D eigenvalue weighted by atomic mass is 79.9. The van der Waals surface area contributed by atoms with E-state index in [9.17, 15) is 14.9 Å². The number of likely N-dealkylation sites (tertiary alicyclic amines) is 1. The third-order valence-corrected chi connectivity index (χ3v) is 5.96. The lowest BCUT2D eigenvalue weighted by Gasteiger charge is -2.32. The summed E-state index contributed by atoms with van der Waals surface area (Å²) in [5, 5.41) is 11.1. The molecule has 2 aromatic carbocycles. The van der Waals surface area contributed by atoms with Crippen LogP contribution in [0.3, 0.4) is 0 Å². The number of aryl methyl sites for hydroxylation is 1. The average molecular weight is 447 g/mol. The smallest absolute Gasteiger partial charge is 0.284 e. The van der Waals surface area contributed by atoms with Gasteiger partial charge >= 0.3 is 0 Å². The Balaban J connectivity index is 1.52. The summed E-state index contributed by atoms with van der Waals surface area (Å²) in [4.78, 5) is 25.1. The van der Waals surface area contributed by atoms with Crippen molar-refractivity contribution in [2.45, 2.75) is 25.7 Å². The molecule has 1 fully saturated rings. The van der Waals surface area contributed by atoms with Crippen molar-refractivity contribution in [1.82, 2.24) is 4.90 Å². The summed E-state index contributed by atoms with van der Waals surface area (Å²) < 4.78 is 5.56. The Labute approximate surface area is 172 Å². The van der Waals surface area contributed by atoms with Crippen LogP contribution in [0.2, 0.25) is 0 Å². The van der Waals surface area contributed by atoms with Gasteiger partial charge in [-0.1, -0.05) is 12.1 Å². The molecule has 1 amide bonds. The zero-order valence-electron chi connectivity index (χ0n) is 15.8. The van der Waals surface area contributed by atoms with Crippen LogP contribution in [0.15, 0.2) is 46.9 Å². The minimum absolute atomic E-state index is 0.0831. The van der Waals surface area contributed by atoms with Gasteiger partial charge < -0.3 is 9.64 Å². The molecule has 0 aromatic heterocycles. The third kappa shape index (κ3) is 4.90. The van der Waals surface area contributed by atoms with Gasteiger partial charge in [0.15, 0.2) is 0 Å². The molecule has 1 aliphatic rings. The number of methoxy groups -OCH3 is 1. The number of carbonyl (C=O) groups is 1. The first-order chi connectivity index (χ1) is 13.5. The molecule has 0 bridgehead atoms. The van der Waals surface area contributed by atoms with Crippen LogP contribution in [0.1, 0.15) is 35.2 Å². The minimum Gasteiger partial charge on any atom is -0.497 e. The van der Waals surface area contributed by atoms with Gasteiger partial charge in [0.2, 0.25) is 0 Å². The quantitative estimate of drug-likeness (QED) is 0.469. The maximum atomic E-state index is 12.7. The Kier molecular flexibility index (Phi) is 6.67. The fourth-order valence-electron chi connectivity index (χ4n) is 3.56. The molecule has 2 aromatic rings. The lowest BCUT2D eigenvalue weighted by atomic mass is 9.90. The van der Waals surface area contributed by atoms with E-state index in [1.807, 2.05) is 12.1 Å². The van der Waals surface area contributed by atoms with Gasteiger partial charge in [0.25, 0.3) is 11.6 Å². The summed E-state index contributed by atoms with van der Waals surface area (Å²) in [6, 6.07) is 12.7. The summed E-state index contributed by atoms with van der Waals surface area (Å²) in [7, 11) is 1.66. The molecule has 3 rings (SSSR count). The second-order valence-electron chi connectivity index (χ2n) is 7.05. The van der Waals surface area contributed by atoms with Crippen molar-refractivity contribution in [1.29, 1.82) is 0 Å². The first-order valence-electron chi connectivity index (χ1n) is 9.34. The number of hydrogen-bond donors (Lipinski definition) is 0. The summed E-state index contributed by atoms with van der Waals surface area (Å²) >= 11 is 3.15. The van der Waals surface area contributed by atoms with Crippen LogP contribution in [-0.4, -0.2) is 35.9 Å². The number of carbonyl (C=O) groups excluding carboxylic acids is 1. The summed E-state index contributed by atoms with van der Waals surface area (Å²) in [5.74, 6) is 1.32. The second-order valence-corrected chi connectivity index (χ2v) is 7.90. The molecule has 0 N–H and O–H groups in total. The number of benzene rings is 2. The predicted molar refractivity (Wildman–Crippen MR) is 111 cm³/mol. The van der Waals surface area contributed by atoms with E-state index in [1.54, 1.807) is 24.1 Å². The zero-order valence-corrected chi connectivity index (χ0v) is 17.4. The topological polar surface area (TPSA) is 72.7 Å². The lowest BCUT2D eigenvalue weighted by Crippen LogP contribution is -2.38. The highest BCUT2D eigenvalue weighted by Gasteiger charge is 2.25. The fraction of sp³-hybridized carbons (Fsp3) is 0.381. The van der Waals surface area contributed by atoms with Gasteiger partial charge in [-0.05, 0) is 77.4 Å². The van der Waals surface area contributed by atoms with Crippen molar-refractivity contribution in [3.63, 3.8) is 0 Å². The average Bonchev–Trinajstić information content (AvgIpc) is 2.72. The second kappa shape index (κ2) is 9.19. The molecule has 0 atom stereocenters. The van der Waals surface area contributed by atoms with Crippen LogP contribution in [0.5, 0.6) is 5.75 Å². The molecule has 0 aliphatic carbocycles. The molecule has 1 aliphatic heterocycles. The van der Waals surface area contributed by atoms with E-state index in [2.05, 4.69) is 28.1 Å². The van der Waals surface area contributed by atoms with E-state index >= 15 is 0 Å². The summed E-state index contributed by atoms with van der Waals surface area (Å²) in [6.45, 7) is 1.38. The third-order valence-electron chi connectivity index (χ3n) is 5.29. The molecule has 0 saturated carbocycles. The van der Waals surface area contributed by atoms with E-state index < -0.39 is 4.92 Å².